The fraction of sp³-hybridized carbons (Fsp3) is 0.667. The normalized spacial score (nSPS) is 17.1. The van der Waals surface area contributed by atoms with Gasteiger partial charge in [-0.1, -0.05) is 13.8 Å². The molecule has 0 aromatic carbocycles. The third-order valence-corrected chi connectivity index (χ3v) is 4.69. The van der Waals surface area contributed by atoms with E-state index < -0.39 is 0 Å². The molecule has 0 radical (unpaired) electrons. The highest BCUT2D eigenvalue weighted by Crippen LogP contribution is 2.25. The van der Waals surface area contributed by atoms with Crippen LogP contribution in [0.15, 0.2) is 6.20 Å². The summed E-state index contributed by atoms with van der Waals surface area (Å²) in [6, 6.07) is 0.636. The summed E-state index contributed by atoms with van der Waals surface area (Å²) in [5.74, 6) is 1.08. The van der Waals surface area contributed by atoms with Gasteiger partial charge in [-0.05, 0) is 44.5 Å². The van der Waals surface area contributed by atoms with Crippen LogP contribution in [0, 0.1) is 0 Å². The van der Waals surface area contributed by atoms with Gasteiger partial charge >= 0.3 is 0 Å². The van der Waals surface area contributed by atoms with E-state index in [1.54, 1.807) is 4.52 Å². The van der Waals surface area contributed by atoms with Crippen molar-refractivity contribution >= 4 is 23.2 Å². The van der Waals surface area contributed by atoms with Crippen molar-refractivity contribution in [3.8, 4) is 0 Å². The molecule has 1 fully saturated rings. The molecule has 0 unspecified atom stereocenters. The first-order valence-electron chi connectivity index (χ1n) is 7.80. The maximum Gasteiger partial charge on any atom is 0.230 e. The van der Waals surface area contributed by atoms with E-state index in [2.05, 4.69) is 47.8 Å². The first-order chi connectivity index (χ1) is 10.5. The summed E-state index contributed by atoms with van der Waals surface area (Å²) >= 11 is 6.29. The van der Waals surface area contributed by atoms with E-state index in [0.717, 1.165) is 43.1 Å². The average molecular weight is 323 g/mol. The average Bonchev–Trinajstić information content (AvgIpc) is 2.92. The highest BCUT2D eigenvalue weighted by Gasteiger charge is 2.24. The number of fused-ring (bicyclic) bond motifs is 1. The van der Waals surface area contributed by atoms with E-state index in [-0.39, 0.29) is 0 Å². The van der Waals surface area contributed by atoms with Crippen LogP contribution in [0.4, 0.5) is 5.95 Å². The van der Waals surface area contributed by atoms with Crippen molar-refractivity contribution in [1.82, 2.24) is 24.5 Å². The second-order valence-electron chi connectivity index (χ2n) is 6.46. The lowest BCUT2D eigenvalue weighted by atomic mass is 10.0. The maximum absolute atomic E-state index is 6.29. The first-order valence-corrected chi connectivity index (χ1v) is 8.17. The van der Waals surface area contributed by atoms with Crippen LogP contribution in [0.1, 0.15) is 38.2 Å². The van der Waals surface area contributed by atoms with Gasteiger partial charge in [0, 0.05) is 24.7 Å². The summed E-state index contributed by atoms with van der Waals surface area (Å²) in [5.41, 5.74) is 1.92. The smallest absolute Gasteiger partial charge is 0.230 e. The number of piperidine rings is 1. The van der Waals surface area contributed by atoms with Crippen LogP contribution in [-0.4, -0.2) is 57.7 Å². The Balaban J connectivity index is 1.90. The predicted octanol–water partition coefficient (Wildman–Crippen LogP) is 2.43. The molecule has 2 aromatic heterocycles. The number of rotatable bonds is 3. The Morgan fingerprint density at radius 2 is 1.91 bits per heavy atom. The Bertz CT molecular complexity index is 657. The molecule has 120 valence electrons. The van der Waals surface area contributed by atoms with Gasteiger partial charge in [0.2, 0.25) is 11.2 Å². The van der Waals surface area contributed by atoms with Gasteiger partial charge in [0.15, 0.2) is 5.65 Å². The number of hydrogen-bond donors (Lipinski definition) is 0. The number of hydrogen-bond acceptors (Lipinski definition) is 5. The summed E-state index contributed by atoms with van der Waals surface area (Å²) in [6.07, 6.45) is 4.08. The van der Waals surface area contributed by atoms with Crippen molar-refractivity contribution in [1.29, 1.82) is 0 Å². The van der Waals surface area contributed by atoms with Gasteiger partial charge < -0.3 is 9.80 Å². The molecule has 0 aliphatic carbocycles. The molecule has 0 amide bonds. The lowest BCUT2D eigenvalue weighted by molar-refractivity contribution is 0.249. The zero-order chi connectivity index (χ0) is 15.9. The quantitative estimate of drug-likeness (QED) is 0.868. The molecule has 3 rings (SSSR count). The summed E-state index contributed by atoms with van der Waals surface area (Å²) in [5, 5.41) is 4.67. The second kappa shape index (κ2) is 6.01. The van der Waals surface area contributed by atoms with E-state index >= 15 is 0 Å². The minimum Gasteiger partial charge on any atom is -0.341 e. The molecule has 0 bridgehead atoms. The van der Waals surface area contributed by atoms with E-state index in [1.165, 1.54) is 0 Å². The lowest BCUT2D eigenvalue weighted by Gasteiger charge is -2.35. The Labute approximate surface area is 136 Å². The molecule has 1 aliphatic heterocycles. The summed E-state index contributed by atoms with van der Waals surface area (Å²) in [4.78, 5) is 13.7. The van der Waals surface area contributed by atoms with Crippen LogP contribution in [0.2, 0.25) is 5.28 Å². The van der Waals surface area contributed by atoms with Gasteiger partial charge in [-0.2, -0.15) is 19.6 Å². The first kappa shape index (κ1) is 15.5. The van der Waals surface area contributed by atoms with Gasteiger partial charge in [-0.3, -0.25) is 0 Å². The van der Waals surface area contributed by atoms with Gasteiger partial charge in [-0.25, -0.2) is 0 Å². The van der Waals surface area contributed by atoms with Crippen molar-refractivity contribution in [3.05, 3.63) is 17.0 Å². The van der Waals surface area contributed by atoms with Crippen molar-refractivity contribution < 1.29 is 0 Å². The van der Waals surface area contributed by atoms with Crippen LogP contribution >= 0.6 is 11.6 Å². The Morgan fingerprint density at radius 3 is 2.50 bits per heavy atom. The zero-order valence-corrected chi connectivity index (χ0v) is 14.4. The molecule has 1 aliphatic rings. The number of nitrogens with zero attached hydrogens (tertiary/aromatic N) is 6. The van der Waals surface area contributed by atoms with Gasteiger partial charge in [0.05, 0.1) is 6.20 Å². The Morgan fingerprint density at radius 1 is 1.23 bits per heavy atom. The lowest BCUT2D eigenvalue weighted by Crippen LogP contribution is -2.42. The molecule has 6 nitrogen and oxygen atoms in total. The van der Waals surface area contributed by atoms with Crippen LogP contribution < -0.4 is 4.90 Å². The summed E-state index contributed by atoms with van der Waals surface area (Å²) in [7, 11) is 4.28. The molecule has 0 spiro atoms. The standard InChI is InChI=1S/C15H23ClN6/c1-10(2)12-9-17-22-13(12)18-15(19-14(22)16)21-7-5-11(6-8-21)20(3)4/h9-11H,5-8H2,1-4H3. The van der Waals surface area contributed by atoms with Crippen molar-refractivity contribution in [2.45, 2.75) is 38.6 Å². The Kier molecular flexibility index (Phi) is 4.23. The fourth-order valence-corrected chi connectivity index (χ4v) is 3.18. The van der Waals surface area contributed by atoms with E-state index in [1.807, 2.05) is 6.20 Å². The molecule has 7 heteroatoms. The van der Waals surface area contributed by atoms with Crippen molar-refractivity contribution in [3.63, 3.8) is 0 Å². The minimum absolute atomic E-state index is 0.357. The number of aromatic nitrogens is 4. The SMILES string of the molecule is CC(C)c1cnn2c(Cl)nc(N3CCC(N(C)C)CC3)nc12. The molecule has 3 heterocycles. The van der Waals surface area contributed by atoms with E-state index in [4.69, 9.17) is 16.6 Å². The molecule has 2 aromatic rings. The van der Waals surface area contributed by atoms with E-state index in [0.29, 0.717) is 17.2 Å². The Hall–Kier alpha value is -1.40. The maximum atomic E-state index is 6.29. The van der Waals surface area contributed by atoms with Gasteiger partial charge in [-0.15, -0.1) is 0 Å². The second-order valence-corrected chi connectivity index (χ2v) is 6.80. The van der Waals surface area contributed by atoms with Crippen molar-refractivity contribution in [2.75, 3.05) is 32.1 Å². The summed E-state index contributed by atoms with van der Waals surface area (Å²) < 4.78 is 1.62. The monoisotopic (exact) mass is 322 g/mol. The number of anilines is 1. The third kappa shape index (κ3) is 2.77. The molecule has 22 heavy (non-hydrogen) atoms. The van der Waals surface area contributed by atoms with Crippen LogP contribution in [-0.2, 0) is 0 Å². The third-order valence-electron chi connectivity index (χ3n) is 4.44. The van der Waals surface area contributed by atoms with Gasteiger partial charge in [0.1, 0.15) is 0 Å². The predicted molar refractivity (Wildman–Crippen MR) is 88.8 cm³/mol. The largest absolute Gasteiger partial charge is 0.341 e. The molecular weight excluding hydrogens is 300 g/mol. The molecule has 0 saturated carbocycles. The fourth-order valence-electron chi connectivity index (χ4n) is 2.98. The number of halogens is 1. The van der Waals surface area contributed by atoms with Crippen LogP contribution in [0.25, 0.3) is 5.65 Å². The van der Waals surface area contributed by atoms with Crippen LogP contribution in [0.3, 0.4) is 0 Å². The van der Waals surface area contributed by atoms with Crippen LogP contribution in [0.5, 0.6) is 0 Å². The van der Waals surface area contributed by atoms with E-state index in [9.17, 15) is 0 Å². The minimum atomic E-state index is 0.357. The molecule has 0 N–H and O–H groups in total. The highest BCUT2D eigenvalue weighted by atomic mass is 35.5. The van der Waals surface area contributed by atoms with Gasteiger partial charge in [0.25, 0.3) is 0 Å². The molecular formula is C15H23ClN6. The molecule has 1 saturated heterocycles. The topological polar surface area (TPSA) is 49.6 Å². The summed E-state index contributed by atoms with van der Waals surface area (Å²) in [6.45, 7) is 6.19. The highest BCUT2D eigenvalue weighted by molar-refractivity contribution is 6.28. The molecule has 0 atom stereocenters. The zero-order valence-electron chi connectivity index (χ0n) is 13.6. The van der Waals surface area contributed by atoms with Crippen molar-refractivity contribution in [2.24, 2.45) is 0 Å².